The Kier molecular flexibility index (Phi) is 8.43. The number of amides is 2. The number of esters is 1. The van der Waals surface area contributed by atoms with Crippen LogP contribution < -0.4 is 10.6 Å². The van der Waals surface area contributed by atoms with E-state index in [9.17, 15) is 19.5 Å². The Morgan fingerprint density at radius 2 is 1.61 bits per heavy atom. The molecule has 0 radical (unpaired) electrons. The maximum absolute atomic E-state index is 12.6. The van der Waals surface area contributed by atoms with Crippen LogP contribution in [0.3, 0.4) is 0 Å². The molecule has 0 unspecified atom stereocenters. The second-order valence-corrected chi connectivity index (χ2v) is 7.94. The number of alkyl carbamates (subject to hydrolysis) is 1. The van der Waals surface area contributed by atoms with Gasteiger partial charge < -0.3 is 25.2 Å². The van der Waals surface area contributed by atoms with E-state index in [1.165, 1.54) is 12.1 Å². The van der Waals surface area contributed by atoms with Gasteiger partial charge in [0.25, 0.3) is 0 Å². The first-order chi connectivity index (χ1) is 14.6. The molecule has 2 aromatic carbocycles. The van der Waals surface area contributed by atoms with E-state index in [0.29, 0.717) is 0 Å². The first-order valence-electron chi connectivity index (χ1n) is 9.87. The minimum Gasteiger partial charge on any atom is -0.508 e. The number of carbonyl (C=O) groups excluding carboxylic acids is 3. The van der Waals surface area contributed by atoms with E-state index in [4.69, 9.17) is 9.47 Å². The van der Waals surface area contributed by atoms with Gasteiger partial charge in [0.05, 0.1) is 0 Å². The van der Waals surface area contributed by atoms with E-state index in [2.05, 4.69) is 10.6 Å². The predicted molar refractivity (Wildman–Crippen MR) is 114 cm³/mol. The molecule has 0 aromatic heterocycles. The Morgan fingerprint density at radius 3 is 2.23 bits per heavy atom. The molecule has 0 saturated carbocycles. The average molecular weight is 428 g/mol. The molecule has 0 aliphatic carbocycles. The summed E-state index contributed by atoms with van der Waals surface area (Å²) < 4.78 is 10.5. The number of benzene rings is 2. The summed E-state index contributed by atoms with van der Waals surface area (Å²) in [5.74, 6) is -1.06. The molecule has 2 aromatic rings. The van der Waals surface area contributed by atoms with Crippen LogP contribution in [0.15, 0.2) is 54.6 Å². The van der Waals surface area contributed by atoms with Crippen LogP contribution in [0.2, 0.25) is 0 Å². The third kappa shape index (κ3) is 9.20. The van der Waals surface area contributed by atoms with E-state index in [0.717, 1.165) is 11.1 Å². The topological polar surface area (TPSA) is 114 Å². The van der Waals surface area contributed by atoms with Crippen LogP contribution in [0.5, 0.6) is 5.75 Å². The minimum atomic E-state index is -0.960. The molecule has 1 atom stereocenters. The van der Waals surface area contributed by atoms with Gasteiger partial charge >= 0.3 is 12.1 Å². The summed E-state index contributed by atoms with van der Waals surface area (Å²) >= 11 is 0. The summed E-state index contributed by atoms with van der Waals surface area (Å²) in [5.41, 5.74) is 0.819. The van der Waals surface area contributed by atoms with Crippen molar-refractivity contribution in [3.05, 3.63) is 65.7 Å². The molecule has 2 amide bonds. The van der Waals surface area contributed by atoms with Gasteiger partial charge in [0.1, 0.15) is 30.5 Å². The minimum absolute atomic E-state index is 0.0790. The number of rotatable bonds is 8. The number of aromatic hydroxyl groups is 1. The van der Waals surface area contributed by atoms with Crippen LogP contribution in [0.1, 0.15) is 31.9 Å². The lowest BCUT2D eigenvalue weighted by molar-refractivity contribution is -0.158. The molecule has 31 heavy (non-hydrogen) atoms. The van der Waals surface area contributed by atoms with Gasteiger partial charge in [-0.3, -0.25) is 4.79 Å². The molecule has 0 bridgehead atoms. The fourth-order valence-corrected chi connectivity index (χ4v) is 2.61. The van der Waals surface area contributed by atoms with Crippen molar-refractivity contribution in [1.29, 1.82) is 0 Å². The number of phenols is 1. The fraction of sp³-hybridized carbons (Fsp3) is 0.348. The first-order valence-corrected chi connectivity index (χ1v) is 9.87. The van der Waals surface area contributed by atoms with Crippen LogP contribution >= 0.6 is 0 Å². The normalized spacial score (nSPS) is 11.8. The Balaban J connectivity index is 1.90. The number of hydrogen-bond acceptors (Lipinski definition) is 6. The molecule has 0 aliphatic rings. The van der Waals surface area contributed by atoms with Gasteiger partial charge in [0, 0.05) is 6.42 Å². The van der Waals surface area contributed by atoms with Gasteiger partial charge in [-0.2, -0.15) is 0 Å². The zero-order valence-electron chi connectivity index (χ0n) is 17.9. The van der Waals surface area contributed by atoms with Crippen molar-refractivity contribution in [2.24, 2.45) is 0 Å². The number of ether oxygens (including phenoxy) is 2. The van der Waals surface area contributed by atoms with Gasteiger partial charge in [-0.15, -0.1) is 0 Å². The highest BCUT2D eigenvalue weighted by Gasteiger charge is 2.27. The summed E-state index contributed by atoms with van der Waals surface area (Å²) in [5, 5.41) is 14.4. The second-order valence-electron chi connectivity index (χ2n) is 7.94. The fourth-order valence-electron chi connectivity index (χ4n) is 2.61. The lowest BCUT2D eigenvalue weighted by Crippen LogP contribution is -2.48. The van der Waals surface area contributed by atoms with Gasteiger partial charge in [-0.25, -0.2) is 9.59 Å². The van der Waals surface area contributed by atoms with Crippen molar-refractivity contribution in [2.45, 2.75) is 45.4 Å². The SMILES string of the molecule is CC(C)(C)OC(=O)[C@H](Cc1ccc(O)cc1)NC(=O)CNC(=O)OCc1ccccc1. The molecule has 166 valence electrons. The molecular formula is C23H28N2O6. The van der Waals surface area contributed by atoms with E-state index in [1.54, 1.807) is 32.9 Å². The van der Waals surface area contributed by atoms with E-state index >= 15 is 0 Å². The Morgan fingerprint density at radius 1 is 0.968 bits per heavy atom. The van der Waals surface area contributed by atoms with Gasteiger partial charge in [-0.1, -0.05) is 42.5 Å². The Bertz CT molecular complexity index is 875. The summed E-state index contributed by atoms with van der Waals surface area (Å²) in [6.45, 7) is 4.91. The van der Waals surface area contributed by atoms with Crippen LogP contribution in [0.4, 0.5) is 4.79 Å². The molecule has 0 heterocycles. The van der Waals surface area contributed by atoms with Crippen LogP contribution in [0, 0.1) is 0 Å². The maximum Gasteiger partial charge on any atom is 0.407 e. The highest BCUT2D eigenvalue weighted by Crippen LogP contribution is 2.14. The Hall–Kier alpha value is -3.55. The molecule has 2 rings (SSSR count). The highest BCUT2D eigenvalue weighted by molar-refractivity contribution is 5.87. The molecule has 0 saturated heterocycles. The molecular weight excluding hydrogens is 400 g/mol. The monoisotopic (exact) mass is 428 g/mol. The average Bonchev–Trinajstić information content (AvgIpc) is 2.71. The third-order valence-electron chi connectivity index (χ3n) is 4.01. The zero-order chi connectivity index (χ0) is 22.9. The summed E-state index contributed by atoms with van der Waals surface area (Å²) in [4.78, 5) is 36.7. The number of phenolic OH excluding ortho intramolecular Hbond substituents is 1. The first kappa shape index (κ1) is 23.7. The molecule has 0 fully saturated rings. The van der Waals surface area contributed by atoms with Crippen molar-refractivity contribution in [3.8, 4) is 5.75 Å². The maximum atomic E-state index is 12.6. The third-order valence-corrected chi connectivity index (χ3v) is 4.01. The number of hydrogen-bond donors (Lipinski definition) is 3. The van der Waals surface area contributed by atoms with E-state index in [-0.39, 0.29) is 25.3 Å². The highest BCUT2D eigenvalue weighted by atomic mass is 16.6. The standard InChI is InChI=1S/C23H28N2O6/c1-23(2,3)31-21(28)19(13-16-9-11-18(26)12-10-16)25-20(27)14-24-22(29)30-15-17-7-5-4-6-8-17/h4-12,19,26H,13-15H2,1-3H3,(H,24,29)(H,25,27)/t19-/m0/s1. The van der Waals surface area contributed by atoms with Crippen molar-refractivity contribution in [2.75, 3.05) is 6.54 Å². The smallest absolute Gasteiger partial charge is 0.407 e. The summed E-state index contributed by atoms with van der Waals surface area (Å²) in [7, 11) is 0. The number of carbonyl (C=O) groups is 3. The second kappa shape index (κ2) is 11.0. The van der Waals surface area contributed by atoms with E-state index in [1.807, 2.05) is 30.3 Å². The van der Waals surface area contributed by atoms with Gasteiger partial charge in [0.15, 0.2) is 0 Å². The van der Waals surface area contributed by atoms with Crippen molar-refractivity contribution in [1.82, 2.24) is 10.6 Å². The lowest BCUT2D eigenvalue weighted by Gasteiger charge is -2.24. The van der Waals surface area contributed by atoms with Gasteiger partial charge in [0.2, 0.25) is 5.91 Å². The van der Waals surface area contributed by atoms with Crippen LogP contribution in [-0.2, 0) is 32.1 Å². The Labute approximate surface area is 181 Å². The van der Waals surface area contributed by atoms with Crippen LogP contribution in [-0.4, -0.2) is 41.3 Å². The number of nitrogens with one attached hydrogen (secondary N) is 2. The van der Waals surface area contributed by atoms with Crippen molar-refractivity contribution < 1.29 is 29.0 Å². The van der Waals surface area contributed by atoms with Crippen LogP contribution in [0.25, 0.3) is 0 Å². The van der Waals surface area contributed by atoms with Gasteiger partial charge in [-0.05, 0) is 44.0 Å². The summed E-state index contributed by atoms with van der Waals surface area (Å²) in [6, 6.07) is 14.5. The molecule has 0 aliphatic heterocycles. The molecule has 0 spiro atoms. The quantitative estimate of drug-likeness (QED) is 0.557. The lowest BCUT2D eigenvalue weighted by atomic mass is 10.1. The molecule has 8 nitrogen and oxygen atoms in total. The predicted octanol–water partition coefficient (Wildman–Crippen LogP) is 2.69. The molecule has 8 heteroatoms. The van der Waals surface area contributed by atoms with Crippen molar-refractivity contribution in [3.63, 3.8) is 0 Å². The van der Waals surface area contributed by atoms with E-state index < -0.39 is 29.6 Å². The van der Waals surface area contributed by atoms with Crippen molar-refractivity contribution >= 4 is 18.0 Å². The largest absolute Gasteiger partial charge is 0.508 e. The summed E-state index contributed by atoms with van der Waals surface area (Å²) in [6.07, 6.45) is -0.578. The molecule has 3 N–H and O–H groups in total. The zero-order valence-corrected chi connectivity index (χ0v) is 17.9.